The van der Waals surface area contributed by atoms with Gasteiger partial charge < -0.3 is 15.0 Å². The van der Waals surface area contributed by atoms with Gasteiger partial charge in [-0.2, -0.15) is 0 Å². The van der Waals surface area contributed by atoms with Crippen molar-refractivity contribution in [1.82, 2.24) is 14.9 Å². The molecule has 0 unspecified atom stereocenters. The van der Waals surface area contributed by atoms with Gasteiger partial charge in [0.25, 0.3) is 0 Å². The molecule has 6 nitrogen and oxygen atoms in total. The van der Waals surface area contributed by atoms with Gasteiger partial charge in [-0.25, -0.2) is 14.8 Å². The summed E-state index contributed by atoms with van der Waals surface area (Å²) in [7, 11) is 0. The molecule has 0 bridgehead atoms. The molecule has 110 valence electrons. The first-order valence-electron chi connectivity index (χ1n) is 6.77. The molecule has 1 aromatic rings. The minimum absolute atomic E-state index is 0.229. The molecule has 1 N–H and O–H groups in total. The van der Waals surface area contributed by atoms with Crippen molar-refractivity contribution in [3.05, 3.63) is 17.0 Å². The molecular formula is C13H19ClN4O2. The molecule has 0 aromatic carbocycles. The second-order valence-corrected chi connectivity index (χ2v) is 5.10. The Hall–Kier alpha value is -1.56. The Balaban J connectivity index is 1.88. The van der Waals surface area contributed by atoms with Crippen molar-refractivity contribution in [1.29, 1.82) is 0 Å². The molecule has 0 saturated carbocycles. The van der Waals surface area contributed by atoms with E-state index in [1.54, 1.807) is 4.90 Å². The number of hydrogen-bond acceptors (Lipinski definition) is 5. The summed E-state index contributed by atoms with van der Waals surface area (Å²) in [6.45, 7) is 5.49. The molecule has 2 heterocycles. The highest BCUT2D eigenvalue weighted by molar-refractivity contribution is 6.30. The topological polar surface area (TPSA) is 67.3 Å². The Morgan fingerprint density at radius 1 is 1.50 bits per heavy atom. The number of hydrogen-bond donors (Lipinski definition) is 1. The minimum atomic E-state index is -0.229. The van der Waals surface area contributed by atoms with Crippen molar-refractivity contribution in [2.75, 3.05) is 25.0 Å². The number of nitrogens with zero attached hydrogens (tertiary/aromatic N) is 3. The summed E-state index contributed by atoms with van der Waals surface area (Å²) >= 11 is 5.97. The van der Waals surface area contributed by atoms with E-state index in [0.29, 0.717) is 24.8 Å². The number of halogens is 1. The number of amides is 1. The Bertz CT molecular complexity index is 475. The predicted molar refractivity (Wildman–Crippen MR) is 77.0 cm³/mol. The fourth-order valence-electron chi connectivity index (χ4n) is 2.19. The number of likely N-dealkylation sites (tertiary alicyclic amines) is 1. The monoisotopic (exact) mass is 298 g/mol. The summed E-state index contributed by atoms with van der Waals surface area (Å²) in [4.78, 5) is 21.5. The van der Waals surface area contributed by atoms with Gasteiger partial charge in [0.05, 0.1) is 6.61 Å². The van der Waals surface area contributed by atoms with Crippen molar-refractivity contribution in [2.45, 2.75) is 32.7 Å². The van der Waals surface area contributed by atoms with E-state index in [9.17, 15) is 4.79 Å². The maximum Gasteiger partial charge on any atom is 0.409 e. The van der Waals surface area contributed by atoms with E-state index in [1.165, 1.54) is 6.33 Å². The van der Waals surface area contributed by atoms with Crippen molar-refractivity contribution in [3.8, 4) is 0 Å². The average Bonchev–Trinajstić information content (AvgIpc) is 2.45. The van der Waals surface area contributed by atoms with E-state index in [2.05, 4.69) is 15.3 Å². The molecule has 2 rings (SSSR count). The zero-order chi connectivity index (χ0) is 14.5. The molecule has 20 heavy (non-hydrogen) atoms. The van der Waals surface area contributed by atoms with Gasteiger partial charge in [0.2, 0.25) is 0 Å². The Morgan fingerprint density at radius 3 is 2.85 bits per heavy atom. The molecule has 0 atom stereocenters. The summed E-state index contributed by atoms with van der Waals surface area (Å²) in [5.74, 6) is 0.764. The zero-order valence-corrected chi connectivity index (χ0v) is 12.5. The second-order valence-electron chi connectivity index (χ2n) is 4.74. The lowest BCUT2D eigenvalue weighted by Gasteiger charge is -2.32. The quantitative estimate of drug-likeness (QED) is 0.868. The van der Waals surface area contributed by atoms with Crippen LogP contribution in [0.4, 0.5) is 10.6 Å². The summed E-state index contributed by atoms with van der Waals surface area (Å²) in [5.41, 5.74) is 0.849. The molecule has 7 heteroatoms. The maximum absolute atomic E-state index is 11.6. The van der Waals surface area contributed by atoms with E-state index in [-0.39, 0.29) is 12.1 Å². The van der Waals surface area contributed by atoms with Crippen LogP contribution in [0.2, 0.25) is 5.15 Å². The van der Waals surface area contributed by atoms with Crippen LogP contribution in [0.1, 0.15) is 25.3 Å². The lowest BCUT2D eigenvalue weighted by Crippen LogP contribution is -2.42. The highest BCUT2D eigenvalue weighted by atomic mass is 35.5. The van der Waals surface area contributed by atoms with Crippen molar-refractivity contribution in [2.24, 2.45) is 0 Å². The molecule has 0 spiro atoms. The lowest BCUT2D eigenvalue weighted by atomic mass is 10.1. The highest BCUT2D eigenvalue weighted by Crippen LogP contribution is 2.21. The number of nitrogens with one attached hydrogen (secondary N) is 1. The van der Waals surface area contributed by atoms with Gasteiger partial charge in [-0.3, -0.25) is 0 Å². The van der Waals surface area contributed by atoms with Crippen LogP contribution in [0.15, 0.2) is 6.33 Å². The van der Waals surface area contributed by atoms with Crippen LogP contribution in [0.25, 0.3) is 0 Å². The number of aromatic nitrogens is 2. The van der Waals surface area contributed by atoms with Crippen LogP contribution >= 0.6 is 11.6 Å². The van der Waals surface area contributed by atoms with Crippen molar-refractivity contribution < 1.29 is 9.53 Å². The van der Waals surface area contributed by atoms with Crippen molar-refractivity contribution >= 4 is 23.5 Å². The molecule has 0 radical (unpaired) electrons. The third-order valence-corrected chi connectivity index (χ3v) is 3.77. The van der Waals surface area contributed by atoms with E-state index in [1.807, 2.05) is 13.8 Å². The number of anilines is 1. The van der Waals surface area contributed by atoms with E-state index in [4.69, 9.17) is 16.3 Å². The number of piperidine rings is 1. The smallest absolute Gasteiger partial charge is 0.409 e. The van der Waals surface area contributed by atoms with Gasteiger partial charge >= 0.3 is 6.09 Å². The van der Waals surface area contributed by atoms with Gasteiger partial charge in [0.1, 0.15) is 17.3 Å². The molecule has 1 amide bonds. The number of carbonyl (C=O) groups is 1. The van der Waals surface area contributed by atoms with Crippen LogP contribution in [0, 0.1) is 6.92 Å². The largest absolute Gasteiger partial charge is 0.450 e. The number of carbonyl (C=O) groups excluding carboxylic acids is 1. The molecular weight excluding hydrogens is 280 g/mol. The first-order chi connectivity index (χ1) is 9.61. The van der Waals surface area contributed by atoms with Crippen molar-refractivity contribution in [3.63, 3.8) is 0 Å². The third kappa shape index (κ3) is 3.50. The first kappa shape index (κ1) is 14.8. The Morgan fingerprint density at radius 2 is 2.20 bits per heavy atom. The highest BCUT2D eigenvalue weighted by Gasteiger charge is 2.24. The third-order valence-electron chi connectivity index (χ3n) is 3.38. The number of ether oxygens (including phenoxy) is 1. The van der Waals surface area contributed by atoms with Crippen LogP contribution in [-0.4, -0.2) is 46.7 Å². The van der Waals surface area contributed by atoms with Crippen LogP contribution in [0.3, 0.4) is 0 Å². The predicted octanol–water partition coefficient (Wildman–Crippen LogP) is 2.47. The van der Waals surface area contributed by atoms with Gasteiger partial charge in [-0.05, 0) is 26.7 Å². The summed E-state index contributed by atoms with van der Waals surface area (Å²) < 4.78 is 5.00. The Labute approximate surface area is 123 Å². The van der Waals surface area contributed by atoms with Gasteiger partial charge in [0, 0.05) is 24.7 Å². The SMILES string of the molecule is CCOC(=O)N1CCC(Nc2ncnc(Cl)c2C)CC1. The van der Waals surface area contributed by atoms with E-state index in [0.717, 1.165) is 24.2 Å². The van der Waals surface area contributed by atoms with Crippen LogP contribution in [0.5, 0.6) is 0 Å². The lowest BCUT2D eigenvalue weighted by molar-refractivity contribution is 0.0983. The fraction of sp³-hybridized carbons (Fsp3) is 0.615. The standard InChI is InChI=1S/C13H19ClN4O2/c1-3-20-13(19)18-6-4-10(5-7-18)17-12-9(2)11(14)15-8-16-12/h8,10H,3-7H2,1-2H3,(H,15,16,17). The van der Waals surface area contributed by atoms with E-state index >= 15 is 0 Å². The van der Waals surface area contributed by atoms with Gasteiger partial charge in [-0.1, -0.05) is 11.6 Å². The molecule has 0 aliphatic carbocycles. The van der Waals surface area contributed by atoms with Crippen LogP contribution in [-0.2, 0) is 4.74 Å². The first-order valence-corrected chi connectivity index (χ1v) is 7.15. The maximum atomic E-state index is 11.6. The zero-order valence-electron chi connectivity index (χ0n) is 11.7. The summed E-state index contributed by atoms with van der Waals surface area (Å²) in [6.07, 6.45) is 2.94. The molecule has 1 aliphatic heterocycles. The Kier molecular flexibility index (Phi) is 5.00. The normalized spacial score (nSPS) is 16.1. The molecule has 1 aliphatic rings. The van der Waals surface area contributed by atoms with Crippen LogP contribution < -0.4 is 5.32 Å². The molecule has 1 fully saturated rings. The molecule has 1 aromatic heterocycles. The summed E-state index contributed by atoms with van der Waals surface area (Å²) in [6, 6.07) is 0.283. The van der Waals surface area contributed by atoms with Gasteiger partial charge in [-0.15, -0.1) is 0 Å². The molecule has 1 saturated heterocycles. The minimum Gasteiger partial charge on any atom is -0.450 e. The van der Waals surface area contributed by atoms with E-state index < -0.39 is 0 Å². The average molecular weight is 299 g/mol. The number of rotatable bonds is 3. The second kappa shape index (κ2) is 6.74. The summed E-state index contributed by atoms with van der Waals surface area (Å²) in [5, 5.41) is 3.83. The fourth-order valence-corrected chi connectivity index (χ4v) is 2.32. The van der Waals surface area contributed by atoms with Gasteiger partial charge in [0.15, 0.2) is 0 Å².